The Morgan fingerprint density at radius 2 is 2.12 bits per heavy atom. The molecule has 3 aromatic rings. The van der Waals surface area contributed by atoms with E-state index in [1.54, 1.807) is 0 Å². The zero-order chi connectivity index (χ0) is 16.7. The SMILES string of the molecule is Cc1nnc2ccc(C(=O)N3CCCC3c3cccc(Cl)c3)cn12. The number of halogens is 1. The maximum absolute atomic E-state index is 13.0. The van der Waals surface area contributed by atoms with Crippen LogP contribution in [0.3, 0.4) is 0 Å². The molecule has 0 aliphatic carbocycles. The van der Waals surface area contributed by atoms with Gasteiger partial charge >= 0.3 is 0 Å². The fourth-order valence-corrected chi connectivity index (χ4v) is 3.57. The predicted octanol–water partition coefficient (Wildman–Crippen LogP) is 3.67. The van der Waals surface area contributed by atoms with E-state index in [0.717, 1.165) is 36.4 Å². The van der Waals surface area contributed by atoms with Crippen molar-refractivity contribution in [2.75, 3.05) is 6.54 Å². The van der Waals surface area contributed by atoms with Gasteiger partial charge in [-0.05, 0) is 49.6 Å². The molecule has 1 fully saturated rings. The second-order valence-corrected chi connectivity index (χ2v) is 6.54. The lowest BCUT2D eigenvalue weighted by Crippen LogP contribution is -2.30. The number of aryl methyl sites for hydroxylation is 1. The standard InChI is InChI=1S/C18H17ClN4O/c1-12-20-21-17-8-7-14(11-23(12)17)18(24)22-9-3-6-16(22)13-4-2-5-15(19)10-13/h2,4-5,7-8,10-11,16H,3,6,9H2,1H3. The van der Waals surface area contributed by atoms with Crippen molar-refractivity contribution in [3.63, 3.8) is 0 Å². The summed E-state index contributed by atoms with van der Waals surface area (Å²) < 4.78 is 1.84. The smallest absolute Gasteiger partial charge is 0.255 e. The minimum absolute atomic E-state index is 0.0347. The van der Waals surface area contributed by atoms with E-state index in [9.17, 15) is 4.79 Å². The van der Waals surface area contributed by atoms with Gasteiger partial charge in [-0.15, -0.1) is 10.2 Å². The Morgan fingerprint density at radius 1 is 1.25 bits per heavy atom. The Morgan fingerprint density at radius 3 is 2.96 bits per heavy atom. The summed E-state index contributed by atoms with van der Waals surface area (Å²) in [6, 6.07) is 11.5. The van der Waals surface area contributed by atoms with Crippen molar-refractivity contribution in [3.8, 4) is 0 Å². The molecule has 0 spiro atoms. The number of hydrogen-bond acceptors (Lipinski definition) is 3. The number of likely N-dealkylation sites (tertiary alicyclic amines) is 1. The number of fused-ring (bicyclic) bond motifs is 1. The molecular weight excluding hydrogens is 324 g/mol. The number of carbonyl (C=O) groups excluding carboxylic acids is 1. The molecule has 0 radical (unpaired) electrons. The van der Waals surface area contributed by atoms with Crippen LogP contribution >= 0.6 is 11.6 Å². The highest BCUT2D eigenvalue weighted by Crippen LogP contribution is 2.34. The molecule has 1 atom stereocenters. The summed E-state index contributed by atoms with van der Waals surface area (Å²) in [7, 11) is 0. The van der Waals surface area contributed by atoms with E-state index in [-0.39, 0.29) is 11.9 Å². The fourth-order valence-electron chi connectivity index (χ4n) is 3.37. The van der Waals surface area contributed by atoms with Gasteiger partial charge in [0, 0.05) is 17.8 Å². The number of aromatic nitrogens is 3. The zero-order valence-corrected chi connectivity index (χ0v) is 14.1. The molecule has 3 heterocycles. The Labute approximate surface area is 144 Å². The molecule has 0 bridgehead atoms. The highest BCUT2D eigenvalue weighted by atomic mass is 35.5. The van der Waals surface area contributed by atoms with E-state index >= 15 is 0 Å². The van der Waals surface area contributed by atoms with Crippen molar-refractivity contribution in [2.24, 2.45) is 0 Å². The van der Waals surface area contributed by atoms with Gasteiger partial charge in [0.2, 0.25) is 0 Å². The maximum Gasteiger partial charge on any atom is 0.255 e. The highest BCUT2D eigenvalue weighted by molar-refractivity contribution is 6.30. The Bertz CT molecular complexity index is 920. The van der Waals surface area contributed by atoms with Crippen LogP contribution in [0.25, 0.3) is 5.65 Å². The third-order valence-electron chi connectivity index (χ3n) is 4.57. The molecule has 4 rings (SSSR count). The van der Waals surface area contributed by atoms with E-state index in [1.807, 2.05) is 58.8 Å². The van der Waals surface area contributed by atoms with Gasteiger partial charge in [0.1, 0.15) is 5.82 Å². The molecule has 1 unspecified atom stereocenters. The quantitative estimate of drug-likeness (QED) is 0.715. The molecule has 1 amide bonds. The Kier molecular flexibility index (Phi) is 3.73. The topological polar surface area (TPSA) is 50.5 Å². The fraction of sp³-hybridized carbons (Fsp3) is 0.278. The van der Waals surface area contributed by atoms with Crippen LogP contribution in [0.4, 0.5) is 0 Å². The first-order chi connectivity index (χ1) is 11.6. The van der Waals surface area contributed by atoms with Crippen molar-refractivity contribution >= 4 is 23.2 Å². The molecule has 2 aromatic heterocycles. The normalized spacial score (nSPS) is 17.6. The van der Waals surface area contributed by atoms with Crippen molar-refractivity contribution in [3.05, 3.63) is 64.6 Å². The lowest BCUT2D eigenvalue weighted by Gasteiger charge is -2.25. The zero-order valence-electron chi connectivity index (χ0n) is 13.3. The molecular formula is C18H17ClN4O. The van der Waals surface area contributed by atoms with Gasteiger partial charge in [0.15, 0.2) is 5.65 Å². The molecule has 5 nitrogen and oxygen atoms in total. The van der Waals surface area contributed by atoms with Crippen LogP contribution in [0.15, 0.2) is 42.6 Å². The van der Waals surface area contributed by atoms with Gasteiger partial charge in [0.25, 0.3) is 5.91 Å². The summed E-state index contributed by atoms with van der Waals surface area (Å²) in [5.41, 5.74) is 2.49. The summed E-state index contributed by atoms with van der Waals surface area (Å²) in [4.78, 5) is 15.0. The molecule has 122 valence electrons. The minimum atomic E-state index is 0.0347. The number of nitrogens with zero attached hydrogens (tertiary/aromatic N) is 4. The van der Waals surface area contributed by atoms with Gasteiger partial charge < -0.3 is 4.90 Å². The lowest BCUT2D eigenvalue weighted by molar-refractivity contribution is 0.0735. The van der Waals surface area contributed by atoms with Crippen LogP contribution in [0.2, 0.25) is 5.02 Å². The highest BCUT2D eigenvalue weighted by Gasteiger charge is 2.30. The summed E-state index contributed by atoms with van der Waals surface area (Å²) in [6.45, 7) is 2.63. The monoisotopic (exact) mass is 340 g/mol. The van der Waals surface area contributed by atoms with Gasteiger partial charge in [0.05, 0.1) is 11.6 Å². The third-order valence-corrected chi connectivity index (χ3v) is 4.80. The number of amides is 1. The summed E-state index contributed by atoms with van der Waals surface area (Å²) in [5.74, 6) is 0.805. The molecule has 1 saturated heterocycles. The maximum atomic E-state index is 13.0. The molecule has 1 aliphatic rings. The Hall–Kier alpha value is -2.40. The van der Waals surface area contributed by atoms with E-state index in [0.29, 0.717) is 10.6 Å². The predicted molar refractivity (Wildman–Crippen MR) is 92.2 cm³/mol. The summed E-state index contributed by atoms with van der Waals surface area (Å²) >= 11 is 6.12. The van der Waals surface area contributed by atoms with Gasteiger partial charge in [-0.1, -0.05) is 23.7 Å². The minimum Gasteiger partial charge on any atom is -0.332 e. The first kappa shape index (κ1) is 15.1. The van der Waals surface area contributed by atoms with E-state index in [1.165, 1.54) is 0 Å². The average Bonchev–Trinajstić information content (AvgIpc) is 3.21. The van der Waals surface area contributed by atoms with Crippen LogP contribution in [-0.4, -0.2) is 31.9 Å². The van der Waals surface area contributed by atoms with Gasteiger partial charge in [-0.25, -0.2) is 0 Å². The van der Waals surface area contributed by atoms with Gasteiger partial charge in [-0.2, -0.15) is 0 Å². The third kappa shape index (κ3) is 2.55. The summed E-state index contributed by atoms with van der Waals surface area (Å²) in [6.07, 6.45) is 3.77. The number of hydrogen-bond donors (Lipinski definition) is 0. The van der Waals surface area contributed by atoms with Crippen LogP contribution in [0.5, 0.6) is 0 Å². The first-order valence-electron chi connectivity index (χ1n) is 8.01. The number of rotatable bonds is 2. The number of carbonyl (C=O) groups is 1. The molecule has 6 heteroatoms. The molecule has 1 aromatic carbocycles. The van der Waals surface area contributed by atoms with Crippen LogP contribution in [0, 0.1) is 6.92 Å². The largest absolute Gasteiger partial charge is 0.332 e. The first-order valence-corrected chi connectivity index (χ1v) is 8.39. The van der Waals surface area contributed by atoms with Gasteiger partial charge in [-0.3, -0.25) is 9.20 Å². The molecule has 1 aliphatic heterocycles. The average molecular weight is 341 g/mol. The Balaban J connectivity index is 1.67. The van der Waals surface area contributed by atoms with E-state index < -0.39 is 0 Å². The second-order valence-electron chi connectivity index (χ2n) is 6.10. The van der Waals surface area contributed by atoms with Crippen LogP contribution in [-0.2, 0) is 0 Å². The molecule has 0 N–H and O–H groups in total. The number of pyridine rings is 1. The van der Waals surface area contributed by atoms with Crippen molar-refractivity contribution in [2.45, 2.75) is 25.8 Å². The van der Waals surface area contributed by atoms with E-state index in [2.05, 4.69) is 10.2 Å². The second kappa shape index (κ2) is 5.91. The number of benzene rings is 1. The molecule has 0 saturated carbocycles. The van der Waals surface area contributed by atoms with E-state index in [4.69, 9.17) is 11.6 Å². The van der Waals surface area contributed by atoms with Crippen molar-refractivity contribution in [1.82, 2.24) is 19.5 Å². The van der Waals surface area contributed by atoms with Crippen LogP contribution < -0.4 is 0 Å². The lowest BCUT2D eigenvalue weighted by atomic mass is 10.0. The molecule has 24 heavy (non-hydrogen) atoms. The van der Waals surface area contributed by atoms with Crippen molar-refractivity contribution in [1.29, 1.82) is 0 Å². The van der Waals surface area contributed by atoms with Crippen molar-refractivity contribution < 1.29 is 4.79 Å². The van der Waals surface area contributed by atoms with Crippen LogP contribution in [0.1, 0.15) is 40.6 Å². The summed E-state index contributed by atoms with van der Waals surface area (Å²) in [5, 5.41) is 8.80.